The van der Waals surface area contributed by atoms with E-state index in [1.807, 2.05) is 14.1 Å². The molecule has 1 N–H and O–H groups in total. The third-order valence-corrected chi connectivity index (χ3v) is 2.56. The van der Waals surface area contributed by atoms with E-state index >= 15 is 0 Å². The van der Waals surface area contributed by atoms with Gasteiger partial charge in [0.15, 0.2) is 0 Å². The van der Waals surface area contributed by atoms with Crippen LogP contribution in [0.2, 0.25) is 0 Å². The van der Waals surface area contributed by atoms with Gasteiger partial charge in [-0.1, -0.05) is 0 Å². The van der Waals surface area contributed by atoms with E-state index in [0.29, 0.717) is 18.1 Å². The number of amides is 1. The molecular weight excluding hydrogens is 230 g/mol. The van der Waals surface area contributed by atoms with Gasteiger partial charge in [-0.15, -0.1) is 0 Å². The summed E-state index contributed by atoms with van der Waals surface area (Å²) in [6, 6.07) is 0. The summed E-state index contributed by atoms with van der Waals surface area (Å²) < 4.78 is 0. The molecule has 0 fully saturated rings. The van der Waals surface area contributed by atoms with Crippen LogP contribution < -0.4 is 5.32 Å². The van der Waals surface area contributed by atoms with Crippen LogP contribution in [0.25, 0.3) is 0 Å². The van der Waals surface area contributed by atoms with Crippen molar-refractivity contribution in [2.24, 2.45) is 0 Å². The molecule has 0 saturated carbocycles. The van der Waals surface area contributed by atoms with E-state index < -0.39 is 0 Å². The van der Waals surface area contributed by atoms with Crippen LogP contribution >= 0.6 is 0 Å². The fraction of sp³-hybridized carbons (Fsp3) is 0.583. The summed E-state index contributed by atoms with van der Waals surface area (Å²) in [6.07, 6.45) is 4.02. The normalized spacial score (nSPS) is 10.5. The number of nitrogens with zero attached hydrogens (tertiary/aromatic N) is 4. The number of rotatable bonds is 6. The molecule has 0 unspecified atom stereocenters. The highest BCUT2D eigenvalue weighted by atomic mass is 16.2. The molecule has 18 heavy (non-hydrogen) atoms. The van der Waals surface area contributed by atoms with E-state index in [2.05, 4.69) is 20.2 Å². The topological polar surface area (TPSA) is 61.4 Å². The van der Waals surface area contributed by atoms with Gasteiger partial charge < -0.3 is 15.1 Å². The van der Waals surface area contributed by atoms with Crippen LogP contribution in [0.1, 0.15) is 16.9 Å². The lowest BCUT2D eigenvalue weighted by Gasteiger charge is -2.18. The predicted molar refractivity (Wildman–Crippen MR) is 71.7 cm³/mol. The maximum Gasteiger partial charge on any atom is 0.273 e. The highest BCUT2D eigenvalue weighted by Crippen LogP contribution is 2.04. The lowest BCUT2D eigenvalue weighted by molar-refractivity contribution is 0.0784. The van der Waals surface area contributed by atoms with Crippen molar-refractivity contribution in [2.75, 3.05) is 46.6 Å². The lowest BCUT2D eigenvalue weighted by Crippen LogP contribution is -2.30. The molecule has 0 saturated heterocycles. The molecule has 100 valence electrons. The first-order chi connectivity index (χ1) is 8.54. The molecule has 0 aliphatic heterocycles. The van der Waals surface area contributed by atoms with Crippen LogP contribution in [-0.2, 0) is 0 Å². The van der Waals surface area contributed by atoms with Crippen molar-refractivity contribution in [3.8, 4) is 0 Å². The minimum Gasteiger partial charge on any atom is -0.372 e. The van der Waals surface area contributed by atoms with Gasteiger partial charge in [0.05, 0.1) is 12.4 Å². The fourth-order valence-corrected chi connectivity index (χ4v) is 1.51. The number of hydrogen-bond acceptors (Lipinski definition) is 5. The molecule has 0 atom stereocenters. The summed E-state index contributed by atoms with van der Waals surface area (Å²) in [5, 5.41) is 2.87. The number of hydrogen-bond donors (Lipinski definition) is 1. The summed E-state index contributed by atoms with van der Waals surface area (Å²) in [6.45, 7) is 1.67. The molecule has 0 spiro atoms. The molecule has 6 heteroatoms. The maximum absolute atomic E-state index is 12.1. The van der Waals surface area contributed by atoms with E-state index in [-0.39, 0.29) is 5.91 Å². The zero-order valence-corrected chi connectivity index (χ0v) is 11.5. The molecule has 0 aliphatic rings. The first kappa shape index (κ1) is 14.4. The first-order valence-electron chi connectivity index (χ1n) is 5.94. The second-order valence-electron chi connectivity index (χ2n) is 4.42. The van der Waals surface area contributed by atoms with Gasteiger partial charge in [-0.05, 0) is 27.1 Å². The van der Waals surface area contributed by atoms with Gasteiger partial charge in [0.25, 0.3) is 5.91 Å². The van der Waals surface area contributed by atoms with E-state index in [4.69, 9.17) is 0 Å². The van der Waals surface area contributed by atoms with E-state index in [1.165, 1.54) is 6.20 Å². The zero-order chi connectivity index (χ0) is 13.5. The van der Waals surface area contributed by atoms with Gasteiger partial charge in [-0.2, -0.15) is 0 Å². The summed E-state index contributed by atoms with van der Waals surface area (Å²) in [5.74, 6) is 0.501. The molecule has 0 radical (unpaired) electrons. The molecule has 1 aromatic rings. The first-order valence-corrected chi connectivity index (χ1v) is 5.94. The summed E-state index contributed by atoms with van der Waals surface area (Å²) in [4.78, 5) is 24.0. The Morgan fingerprint density at radius 1 is 1.28 bits per heavy atom. The maximum atomic E-state index is 12.1. The molecule has 1 amide bonds. The second kappa shape index (κ2) is 6.90. The van der Waals surface area contributed by atoms with Gasteiger partial charge in [-0.3, -0.25) is 9.78 Å². The number of carbonyl (C=O) groups is 1. The Hall–Kier alpha value is -1.69. The largest absolute Gasteiger partial charge is 0.372 e. The molecule has 1 heterocycles. The van der Waals surface area contributed by atoms with Crippen LogP contribution in [0.3, 0.4) is 0 Å². The average Bonchev–Trinajstić information content (AvgIpc) is 2.37. The van der Waals surface area contributed by atoms with E-state index in [9.17, 15) is 4.79 Å². The van der Waals surface area contributed by atoms with Crippen LogP contribution in [-0.4, -0.2) is 67.0 Å². The van der Waals surface area contributed by atoms with Gasteiger partial charge >= 0.3 is 0 Å². The molecule has 6 nitrogen and oxygen atoms in total. The van der Waals surface area contributed by atoms with Gasteiger partial charge in [0, 0.05) is 20.6 Å². The molecule has 0 bridgehead atoms. The Labute approximate surface area is 108 Å². The van der Waals surface area contributed by atoms with Gasteiger partial charge in [0.1, 0.15) is 11.5 Å². The minimum atomic E-state index is -0.0987. The molecule has 1 rings (SSSR count). The Morgan fingerprint density at radius 3 is 2.61 bits per heavy atom. The minimum absolute atomic E-state index is 0.0987. The molecule has 0 aromatic carbocycles. The van der Waals surface area contributed by atoms with Gasteiger partial charge in [-0.25, -0.2) is 4.98 Å². The van der Waals surface area contributed by atoms with Gasteiger partial charge in [0.2, 0.25) is 0 Å². The van der Waals surface area contributed by atoms with Crippen molar-refractivity contribution in [3.63, 3.8) is 0 Å². The molecule has 1 aromatic heterocycles. The number of nitrogens with one attached hydrogen (secondary N) is 1. The molecule has 0 aliphatic carbocycles. The SMILES string of the molecule is CNc1cncc(C(=O)N(C)CCCN(C)C)n1. The monoisotopic (exact) mass is 251 g/mol. The highest BCUT2D eigenvalue weighted by molar-refractivity contribution is 5.92. The average molecular weight is 251 g/mol. The lowest BCUT2D eigenvalue weighted by atomic mass is 10.3. The van der Waals surface area contributed by atoms with Crippen molar-refractivity contribution < 1.29 is 4.79 Å². The quantitative estimate of drug-likeness (QED) is 0.799. The van der Waals surface area contributed by atoms with Crippen LogP contribution in [0.4, 0.5) is 5.82 Å². The van der Waals surface area contributed by atoms with Crippen LogP contribution in [0, 0.1) is 0 Å². The van der Waals surface area contributed by atoms with Crippen molar-refractivity contribution in [1.82, 2.24) is 19.8 Å². The summed E-state index contributed by atoms with van der Waals surface area (Å²) >= 11 is 0. The van der Waals surface area contributed by atoms with Crippen molar-refractivity contribution in [3.05, 3.63) is 18.1 Å². The van der Waals surface area contributed by atoms with Crippen LogP contribution in [0.5, 0.6) is 0 Å². The number of aromatic nitrogens is 2. The molecular formula is C12H21N5O. The Balaban J connectivity index is 2.56. The van der Waals surface area contributed by atoms with Crippen molar-refractivity contribution >= 4 is 11.7 Å². The van der Waals surface area contributed by atoms with E-state index in [1.54, 1.807) is 25.2 Å². The third-order valence-electron chi connectivity index (χ3n) is 2.56. The highest BCUT2D eigenvalue weighted by Gasteiger charge is 2.13. The Bertz CT molecular complexity index is 394. The van der Waals surface area contributed by atoms with E-state index in [0.717, 1.165) is 13.0 Å². The number of carbonyl (C=O) groups excluding carboxylic acids is 1. The Morgan fingerprint density at radius 2 is 2.00 bits per heavy atom. The summed E-state index contributed by atoms with van der Waals surface area (Å²) in [7, 11) is 7.57. The van der Waals surface area contributed by atoms with Crippen LogP contribution in [0.15, 0.2) is 12.4 Å². The predicted octanol–water partition coefficient (Wildman–Crippen LogP) is 0.542. The van der Waals surface area contributed by atoms with Crippen molar-refractivity contribution in [2.45, 2.75) is 6.42 Å². The third kappa shape index (κ3) is 4.29. The van der Waals surface area contributed by atoms with Crippen molar-refractivity contribution in [1.29, 1.82) is 0 Å². The fourth-order valence-electron chi connectivity index (χ4n) is 1.51. The summed E-state index contributed by atoms with van der Waals surface area (Å²) in [5.41, 5.74) is 0.370. The Kier molecular flexibility index (Phi) is 5.51. The second-order valence-corrected chi connectivity index (χ2v) is 4.42. The zero-order valence-electron chi connectivity index (χ0n) is 11.5. The smallest absolute Gasteiger partial charge is 0.273 e. The number of anilines is 1. The standard InChI is InChI=1S/C12H21N5O/c1-13-11-9-14-8-10(15-11)12(18)17(4)7-5-6-16(2)3/h8-9H,5-7H2,1-4H3,(H,13,15).